The molecular formula is C28H29ClN4O4S. The summed E-state index contributed by atoms with van der Waals surface area (Å²) < 4.78 is 1.51. The van der Waals surface area contributed by atoms with Crippen LogP contribution in [0, 0.1) is 0 Å². The molecule has 1 unspecified atom stereocenters. The Hall–Kier alpha value is -3.69. The largest absolute Gasteiger partial charge is 0.473 e. The first-order chi connectivity index (χ1) is 18.4. The van der Waals surface area contributed by atoms with Crippen molar-refractivity contribution in [3.05, 3.63) is 95.5 Å². The fraction of sp³-hybridized carbons (Fsp3) is 0.250. The molecule has 3 aromatic rings. The molecule has 0 spiro atoms. The van der Waals surface area contributed by atoms with Crippen LogP contribution < -0.4 is 4.90 Å². The maximum absolute atomic E-state index is 14.1. The Morgan fingerprint density at radius 1 is 0.921 bits per heavy atom. The Morgan fingerprint density at radius 2 is 1.50 bits per heavy atom. The molecule has 2 fully saturated rings. The number of urea groups is 2. The molecule has 8 nitrogen and oxygen atoms in total. The second-order valence-corrected chi connectivity index (χ2v) is 12.7. The van der Waals surface area contributed by atoms with Crippen molar-refractivity contribution < 1.29 is 19.5 Å². The summed E-state index contributed by atoms with van der Waals surface area (Å²) in [6.45, 7) is 2.83. The maximum atomic E-state index is 14.1. The minimum atomic E-state index is -2.65. The Labute approximate surface area is 228 Å². The van der Waals surface area contributed by atoms with Gasteiger partial charge in [0, 0.05) is 23.9 Å². The van der Waals surface area contributed by atoms with Crippen molar-refractivity contribution >= 4 is 50.6 Å². The van der Waals surface area contributed by atoms with Gasteiger partial charge in [-0.2, -0.15) is 0 Å². The SMILES string of the molecule is CCN(Cc1ccccc1Cl)C(=O)N1CS2(C(=O)O)C[C@H]1CN2C(=O)N(c1ccccc1)c1ccccc1. The molecule has 2 aliphatic heterocycles. The zero-order valence-electron chi connectivity index (χ0n) is 20.9. The highest BCUT2D eigenvalue weighted by atomic mass is 35.5. The zero-order chi connectivity index (χ0) is 26.9. The van der Waals surface area contributed by atoms with Gasteiger partial charge in [0.2, 0.25) is 0 Å². The van der Waals surface area contributed by atoms with Crippen LogP contribution in [0.1, 0.15) is 12.5 Å². The summed E-state index contributed by atoms with van der Waals surface area (Å²) in [5.41, 5.74) is 2.12. The highest BCUT2D eigenvalue weighted by Gasteiger charge is 2.60. The Morgan fingerprint density at radius 3 is 2.05 bits per heavy atom. The Kier molecular flexibility index (Phi) is 7.23. The van der Waals surface area contributed by atoms with Gasteiger partial charge in [-0.15, -0.1) is 0 Å². The summed E-state index contributed by atoms with van der Waals surface area (Å²) in [4.78, 5) is 45.3. The van der Waals surface area contributed by atoms with Gasteiger partial charge in [0.25, 0.3) is 0 Å². The highest BCUT2D eigenvalue weighted by molar-refractivity contribution is 8.43. The fourth-order valence-corrected chi connectivity index (χ4v) is 8.67. The minimum absolute atomic E-state index is 0.00795. The van der Waals surface area contributed by atoms with Crippen LogP contribution in [0.25, 0.3) is 0 Å². The average molecular weight is 553 g/mol. The van der Waals surface area contributed by atoms with Gasteiger partial charge in [-0.3, -0.25) is 9.21 Å². The third-order valence-corrected chi connectivity index (χ3v) is 10.8. The summed E-state index contributed by atoms with van der Waals surface area (Å²) in [7, 11) is -2.65. The molecule has 4 amide bonds. The first kappa shape index (κ1) is 25.9. The summed E-state index contributed by atoms with van der Waals surface area (Å²) in [5.74, 6) is 0.273. The number of para-hydroxylation sites is 2. The molecule has 3 aromatic carbocycles. The lowest BCUT2D eigenvalue weighted by molar-refractivity contribution is 0.143. The van der Waals surface area contributed by atoms with E-state index in [1.54, 1.807) is 20.8 Å². The molecule has 2 aliphatic rings. The molecule has 2 atom stereocenters. The van der Waals surface area contributed by atoms with Crippen molar-refractivity contribution in [2.75, 3.05) is 29.6 Å². The quantitative estimate of drug-likeness (QED) is 0.387. The molecular weight excluding hydrogens is 524 g/mol. The number of amides is 4. The molecule has 198 valence electrons. The number of benzene rings is 3. The summed E-state index contributed by atoms with van der Waals surface area (Å²) >= 11 is 6.33. The predicted molar refractivity (Wildman–Crippen MR) is 151 cm³/mol. The van der Waals surface area contributed by atoms with Gasteiger partial charge in [-0.25, -0.2) is 14.4 Å². The topological polar surface area (TPSA) is 84.4 Å². The van der Waals surface area contributed by atoms with Crippen LogP contribution >= 0.6 is 21.8 Å². The van der Waals surface area contributed by atoms with Gasteiger partial charge in [0.05, 0.1) is 29.8 Å². The molecule has 0 radical (unpaired) electrons. The first-order valence-corrected chi connectivity index (χ1v) is 14.7. The zero-order valence-corrected chi connectivity index (χ0v) is 22.5. The van der Waals surface area contributed by atoms with E-state index in [2.05, 4.69) is 0 Å². The number of carbonyl (C=O) groups excluding carboxylic acids is 2. The third-order valence-electron chi connectivity index (χ3n) is 7.04. The molecule has 2 bridgehead atoms. The number of carbonyl (C=O) groups is 3. The molecule has 0 aromatic heterocycles. The summed E-state index contributed by atoms with van der Waals surface area (Å²) in [6, 6.07) is 24.8. The molecule has 1 N–H and O–H groups in total. The Bertz CT molecular complexity index is 1310. The van der Waals surface area contributed by atoms with E-state index < -0.39 is 21.5 Å². The number of carboxylic acid groups (broad SMARTS) is 1. The smallest absolute Gasteiger partial charge is 0.366 e. The molecule has 2 heterocycles. The fourth-order valence-electron chi connectivity index (χ4n) is 5.07. The maximum Gasteiger partial charge on any atom is 0.366 e. The van der Waals surface area contributed by atoms with Crippen LogP contribution in [0.3, 0.4) is 0 Å². The van der Waals surface area contributed by atoms with Crippen molar-refractivity contribution in [3.8, 4) is 0 Å². The number of nitrogens with zero attached hydrogens (tertiary/aromatic N) is 4. The van der Waals surface area contributed by atoms with Gasteiger partial charge in [-0.1, -0.05) is 66.2 Å². The van der Waals surface area contributed by atoms with Crippen LogP contribution in [0.4, 0.5) is 25.8 Å². The van der Waals surface area contributed by atoms with Crippen molar-refractivity contribution in [3.63, 3.8) is 0 Å². The van der Waals surface area contributed by atoms with E-state index >= 15 is 0 Å². The summed E-state index contributed by atoms with van der Waals surface area (Å²) in [6.07, 6.45) is 0. The standard InChI is InChI=1S/C28H29ClN4O4S/c1-2-30(17-21-11-9-10-16-25(21)29)26(34)31-20-38(28(36)37)19-24(31)18-32(38)27(35)33(22-12-5-3-6-13-22)23-14-7-4-8-15-23/h3-16,24H,2,17-20H2,1H3,(H,36,37)/t24-/m1/s1. The van der Waals surface area contributed by atoms with E-state index in [9.17, 15) is 19.5 Å². The van der Waals surface area contributed by atoms with Crippen LogP contribution in [0.15, 0.2) is 84.9 Å². The van der Waals surface area contributed by atoms with Gasteiger partial charge >= 0.3 is 17.4 Å². The van der Waals surface area contributed by atoms with Gasteiger partial charge < -0.3 is 14.9 Å². The number of halogens is 1. The lowest BCUT2D eigenvalue weighted by atomic mass is 10.2. The molecule has 0 aliphatic carbocycles. The van der Waals surface area contributed by atoms with Crippen molar-refractivity contribution in [1.29, 1.82) is 0 Å². The number of fused-ring (bicyclic) bond motifs is 2. The monoisotopic (exact) mass is 552 g/mol. The van der Waals surface area contributed by atoms with Crippen LogP contribution in [-0.2, 0) is 6.54 Å². The van der Waals surface area contributed by atoms with Gasteiger partial charge in [0.1, 0.15) is 0 Å². The third kappa shape index (κ3) is 4.56. The van der Waals surface area contributed by atoms with Crippen molar-refractivity contribution in [2.24, 2.45) is 0 Å². The Balaban J connectivity index is 1.42. The number of anilines is 2. The average Bonchev–Trinajstić information content (AvgIpc) is 3.52. The van der Waals surface area contributed by atoms with Crippen LogP contribution in [-0.4, -0.2) is 67.3 Å². The number of hydrogen-bond acceptors (Lipinski definition) is 3. The first-order valence-electron chi connectivity index (χ1n) is 12.4. The predicted octanol–water partition coefficient (Wildman–Crippen LogP) is 6.60. The summed E-state index contributed by atoms with van der Waals surface area (Å²) in [5, 5.41) is 10.0. The number of hydrogen-bond donors (Lipinski definition) is 1. The van der Waals surface area contributed by atoms with E-state index in [4.69, 9.17) is 11.6 Å². The lowest BCUT2D eigenvalue weighted by Crippen LogP contribution is -2.54. The molecule has 2 saturated heterocycles. The highest BCUT2D eigenvalue weighted by Crippen LogP contribution is 2.63. The minimum Gasteiger partial charge on any atom is -0.473 e. The van der Waals surface area contributed by atoms with E-state index in [-0.39, 0.29) is 30.2 Å². The second kappa shape index (κ2) is 10.6. The van der Waals surface area contributed by atoms with Crippen LogP contribution in [0.5, 0.6) is 0 Å². The van der Waals surface area contributed by atoms with E-state index in [0.717, 1.165) is 5.56 Å². The van der Waals surface area contributed by atoms with Gasteiger partial charge in [-0.05, 0) is 53.0 Å². The van der Waals surface area contributed by atoms with E-state index in [1.165, 1.54) is 4.31 Å². The molecule has 5 rings (SSSR count). The second-order valence-electron chi connectivity index (χ2n) is 9.27. The van der Waals surface area contributed by atoms with Crippen LogP contribution in [0.2, 0.25) is 5.02 Å². The van der Waals surface area contributed by atoms with Crippen molar-refractivity contribution in [1.82, 2.24) is 14.1 Å². The molecule has 10 heteroatoms. The molecule has 38 heavy (non-hydrogen) atoms. The molecule has 0 saturated carbocycles. The normalized spacial score (nSPS) is 21.6. The van der Waals surface area contributed by atoms with E-state index in [0.29, 0.717) is 29.5 Å². The lowest BCUT2D eigenvalue weighted by Gasteiger charge is -2.44. The van der Waals surface area contributed by atoms with Gasteiger partial charge in [0.15, 0.2) is 0 Å². The van der Waals surface area contributed by atoms with E-state index in [1.807, 2.05) is 85.8 Å². The number of rotatable bonds is 5. The van der Waals surface area contributed by atoms with Crippen molar-refractivity contribution in [2.45, 2.75) is 19.5 Å².